The Kier molecular flexibility index (Phi) is 5.55. The Morgan fingerprint density at radius 3 is 2.43 bits per heavy atom. The van der Waals surface area contributed by atoms with Crippen LogP contribution in [0, 0.1) is 6.92 Å². The summed E-state index contributed by atoms with van der Waals surface area (Å²) in [6, 6.07) is 12.3. The molecule has 0 spiro atoms. The molecule has 2 aromatic rings. The third-order valence-electron chi connectivity index (χ3n) is 3.35. The van der Waals surface area contributed by atoms with Gasteiger partial charge >= 0.3 is 0 Å². The lowest BCUT2D eigenvalue weighted by Gasteiger charge is -2.07. The molecule has 0 saturated carbocycles. The minimum absolute atomic E-state index is 0.144. The fraction of sp³-hybridized carbons (Fsp3) is 0.111. The van der Waals surface area contributed by atoms with Crippen molar-refractivity contribution in [1.82, 2.24) is 5.32 Å². The van der Waals surface area contributed by atoms with Gasteiger partial charge in [0.05, 0.1) is 0 Å². The van der Waals surface area contributed by atoms with Crippen LogP contribution in [0.25, 0.3) is 6.08 Å². The van der Waals surface area contributed by atoms with Gasteiger partial charge in [0, 0.05) is 29.4 Å². The number of hydrogen-bond acceptors (Lipinski definition) is 2. The molecule has 0 bridgehead atoms. The normalized spacial score (nSPS) is 10.6. The summed E-state index contributed by atoms with van der Waals surface area (Å²) in [5.41, 5.74) is 2.91. The molecule has 0 radical (unpaired) electrons. The van der Waals surface area contributed by atoms with E-state index in [1.165, 1.54) is 6.08 Å². The summed E-state index contributed by atoms with van der Waals surface area (Å²) in [6.45, 7) is 1.85. The highest BCUT2D eigenvalue weighted by molar-refractivity contribution is 6.31. The van der Waals surface area contributed by atoms with Gasteiger partial charge in [0.1, 0.15) is 0 Å². The van der Waals surface area contributed by atoms with Crippen molar-refractivity contribution in [2.24, 2.45) is 0 Å². The van der Waals surface area contributed by atoms with Crippen molar-refractivity contribution in [3.8, 4) is 0 Å². The van der Waals surface area contributed by atoms with Crippen LogP contribution in [0.3, 0.4) is 0 Å². The van der Waals surface area contributed by atoms with Crippen molar-refractivity contribution in [1.29, 1.82) is 0 Å². The van der Waals surface area contributed by atoms with E-state index >= 15 is 0 Å². The van der Waals surface area contributed by atoms with E-state index < -0.39 is 0 Å². The monoisotopic (exact) mass is 328 g/mol. The molecule has 0 fully saturated rings. The molecule has 0 aliphatic carbocycles. The van der Waals surface area contributed by atoms with Crippen LogP contribution in [-0.4, -0.2) is 18.9 Å². The number of carbonyl (C=O) groups is 2. The first kappa shape index (κ1) is 16.8. The average molecular weight is 329 g/mol. The van der Waals surface area contributed by atoms with Gasteiger partial charge in [-0.2, -0.15) is 0 Å². The Morgan fingerprint density at radius 1 is 1.09 bits per heavy atom. The summed E-state index contributed by atoms with van der Waals surface area (Å²) < 4.78 is 0. The molecule has 2 N–H and O–H groups in total. The third-order valence-corrected chi connectivity index (χ3v) is 3.76. The van der Waals surface area contributed by atoms with E-state index in [9.17, 15) is 9.59 Å². The molecule has 5 heteroatoms. The maximum atomic E-state index is 12.0. The number of hydrogen-bond donors (Lipinski definition) is 2. The van der Waals surface area contributed by atoms with Gasteiger partial charge in [-0.25, -0.2) is 0 Å². The predicted octanol–water partition coefficient (Wildman–Crippen LogP) is 3.66. The molecule has 2 amide bonds. The molecule has 2 rings (SSSR count). The van der Waals surface area contributed by atoms with Crippen LogP contribution in [0.1, 0.15) is 21.5 Å². The largest absolute Gasteiger partial charge is 0.355 e. The number of anilines is 1. The maximum Gasteiger partial charge on any atom is 0.251 e. The lowest BCUT2D eigenvalue weighted by Crippen LogP contribution is -2.17. The van der Waals surface area contributed by atoms with E-state index in [0.717, 1.165) is 11.1 Å². The van der Waals surface area contributed by atoms with Crippen LogP contribution in [0.15, 0.2) is 48.5 Å². The molecular weight excluding hydrogens is 312 g/mol. The highest BCUT2D eigenvalue weighted by atomic mass is 35.5. The molecule has 0 atom stereocenters. The van der Waals surface area contributed by atoms with Crippen molar-refractivity contribution < 1.29 is 9.59 Å². The van der Waals surface area contributed by atoms with Gasteiger partial charge < -0.3 is 10.6 Å². The zero-order valence-corrected chi connectivity index (χ0v) is 13.6. The Morgan fingerprint density at radius 2 is 1.78 bits per heavy atom. The Hall–Kier alpha value is -2.59. The summed E-state index contributed by atoms with van der Waals surface area (Å²) in [5, 5.41) is 5.95. The van der Waals surface area contributed by atoms with Gasteiger partial charge in [0.25, 0.3) is 5.91 Å². The summed E-state index contributed by atoms with van der Waals surface area (Å²) >= 11 is 6.02. The standard InChI is InChI=1S/C18H17ClN2O2/c1-12-15(19)4-3-5-16(12)21-17(22)11-8-13-6-9-14(10-7-13)18(23)20-2/h3-11H,1-2H3,(H,20,23)(H,21,22)/b11-8+. The molecule has 2 aromatic carbocycles. The minimum Gasteiger partial charge on any atom is -0.355 e. The van der Waals surface area contributed by atoms with E-state index in [-0.39, 0.29) is 11.8 Å². The SMILES string of the molecule is CNC(=O)c1ccc(/C=C/C(=O)Nc2cccc(Cl)c2C)cc1. The Bertz CT molecular complexity index is 752. The molecule has 0 aliphatic rings. The molecule has 23 heavy (non-hydrogen) atoms. The van der Waals surface area contributed by atoms with Crippen LogP contribution < -0.4 is 10.6 Å². The van der Waals surface area contributed by atoms with Crippen LogP contribution in [0.5, 0.6) is 0 Å². The van der Waals surface area contributed by atoms with Crippen LogP contribution in [0.4, 0.5) is 5.69 Å². The van der Waals surface area contributed by atoms with Gasteiger partial charge in [0.2, 0.25) is 5.91 Å². The highest BCUT2D eigenvalue weighted by Crippen LogP contribution is 2.22. The number of rotatable bonds is 4. The third kappa shape index (κ3) is 4.44. The van der Waals surface area contributed by atoms with E-state index in [2.05, 4.69) is 10.6 Å². The topological polar surface area (TPSA) is 58.2 Å². The summed E-state index contributed by atoms with van der Waals surface area (Å²) in [6.07, 6.45) is 3.12. The van der Waals surface area contributed by atoms with Crippen molar-refractivity contribution in [3.63, 3.8) is 0 Å². The number of carbonyl (C=O) groups excluding carboxylic acids is 2. The molecule has 0 aromatic heterocycles. The van der Waals surface area contributed by atoms with Gasteiger partial charge in [-0.05, 0) is 48.4 Å². The second-order valence-electron chi connectivity index (χ2n) is 4.94. The molecule has 0 aliphatic heterocycles. The molecule has 4 nitrogen and oxygen atoms in total. The molecule has 0 heterocycles. The maximum absolute atomic E-state index is 12.0. The van der Waals surface area contributed by atoms with Crippen molar-refractivity contribution in [3.05, 3.63) is 70.3 Å². The van der Waals surface area contributed by atoms with Gasteiger partial charge in [0.15, 0.2) is 0 Å². The van der Waals surface area contributed by atoms with Gasteiger partial charge in [-0.3, -0.25) is 9.59 Å². The number of halogens is 1. The van der Waals surface area contributed by atoms with Crippen molar-refractivity contribution in [2.75, 3.05) is 12.4 Å². The van der Waals surface area contributed by atoms with E-state index in [1.807, 2.05) is 6.92 Å². The predicted molar refractivity (Wildman–Crippen MR) is 93.7 cm³/mol. The van der Waals surface area contributed by atoms with E-state index in [0.29, 0.717) is 16.3 Å². The first-order chi connectivity index (χ1) is 11.0. The molecular formula is C18H17ClN2O2. The van der Waals surface area contributed by atoms with Gasteiger partial charge in [-0.15, -0.1) is 0 Å². The lowest BCUT2D eigenvalue weighted by molar-refractivity contribution is -0.111. The smallest absolute Gasteiger partial charge is 0.251 e. The molecule has 118 valence electrons. The lowest BCUT2D eigenvalue weighted by atomic mass is 10.1. The highest BCUT2D eigenvalue weighted by Gasteiger charge is 2.04. The molecule has 0 saturated heterocycles. The Balaban J connectivity index is 2.03. The van der Waals surface area contributed by atoms with Crippen molar-refractivity contribution in [2.45, 2.75) is 6.92 Å². The molecule has 0 unspecified atom stereocenters. The first-order valence-corrected chi connectivity index (χ1v) is 7.45. The second-order valence-corrected chi connectivity index (χ2v) is 5.34. The summed E-state index contributed by atoms with van der Waals surface area (Å²) in [7, 11) is 1.58. The first-order valence-electron chi connectivity index (χ1n) is 7.07. The number of nitrogens with one attached hydrogen (secondary N) is 2. The van der Waals surface area contributed by atoms with Crippen LogP contribution in [-0.2, 0) is 4.79 Å². The van der Waals surface area contributed by atoms with Gasteiger partial charge in [-0.1, -0.05) is 29.8 Å². The number of amides is 2. The van der Waals surface area contributed by atoms with Crippen molar-refractivity contribution >= 4 is 35.2 Å². The average Bonchev–Trinajstić information content (AvgIpc) is 2.57. The van der Waals surface area contributed by atoms with E-state index in [4.69, 9.17) is 11.6 Å². The fourth-order valence-electron chi connectivity index (χ4n) is 1.98. The summed E-state index contributed by atoms with van der Waals surface area (Å²) in [5.74, 6) is -0.388. The minimum atomic E-state index is -0.245. The van der Waals surface area contributed by atoms with E-state index in [1.54, 1.807) is 55.6 Å². The number of benzene rings is 2. The zero-order valence-electron chi connectivity index (χ0n) is 12.9. The Labute approximate surface area is 140 Å². The van der Waals surface area contributed by atoms with Crippen LogP contribution >= 0.6 is 11.6 Å². The quantitative estimate of drug-likeness (QED) is 0.841. The summed E-state index contributed by atoms with van der Waals surface area (Å²) in [4.78, 5) is 23.4. The van der Waals surface area contributed by atoms with Crippen LogP contribution in [0.2, 0.25) is 5.02 Å². The zero-order chi connectivity index (χ0) is 16.8. The fourth-order valence-corrected chi connectivity index (χ4v) is 2.15. The second kappa shape index (κ2) is 7.61.